The van der Waals surface area contributed by atoms with Crippen molar-refractivity contribution in [2.24, 2.45) is 0 Å². The minimum atomic E-state index is 0. The molecule has 2 heterocycles. The van der Waals surface area contributed by atoms with E-state index in [0.717, 1.165) is 37.2 Å². The predicted octanol–water partition coefficient (Wildman–Crippen LogP) is 2.10. The fourth-order valence-corrected chi connectivity index (χ4v) is 3.20. The molecule has 1 amide bonds. The van der Waals surface area contributed by atoms with Crippen LogP contribution in [0.3, 0.4) is 0 Å². The lowest BCUT2D eigenvalue weighted by molar-refractivity contribution is -0.128. The smallest absolute Gasteiger partial charge is 0.253 e. The SMILES string of the molecule is CNCC1CCCN1C(=O)C1=Cc2cccc(OC)c2OC1.Cl. The minimum absolute atomic E-state index is 0. The molecule has 1 aromatic carbocycles. The van der Waals surface area contributed by atoms with Crippen LogP contribution in [0.1, 0.15) is 18.4 Å². The number of para-hydroxylation sites is 1. The van der Waals surface area contributed by atoms with Gasteiger partial charge in [-0.25, -0.2) is 0 Å². The zero-order valence-electron chi connectivity index (χ0n) is 13.5. The monoisotopic (exact) mass is 338 g/mol. The highest BCUT2D eigenvalue weighted by Crippen LogP contribution is 2.36. The second-order valence-electron chi connectivity index (χ2n) is 5.69. The van der Waals surface area contributed by atoms with Crippen LogP contribution in [0.25, 0.3) is 6.08 Å². The third-order valence-corrected chi connectivity index (χ3v) is 4.28. The molecule has 1 unspecified atom stereocenters. The number of carbonyl (C=O) groups is 1. The highest BCUT2D eigenvalue weighted by molar-refractivity contribution is 5.99. The van der Waals surface area contributed by atoms with E-state index in [-0.39, 0.29) is 24.4 Å². The van der Waals surface area contributed by atoms with Crippen LogP contribution >= 0.6 is 12.4 Å². The number of fused-ring (bicyclic) bond motifs is 1. The molecule has 0 spiro atoms. The number of ether oxygens (including phenoxy) is 2. The Morgan fingerprint density at radius 3 is 3.04 bits per heavy atom. The number of halogens is 1. The zero-order chi connectivity index (χ0) is 15.5. The molecular formula is C17H23ClN2O3. The Labute approximate surface area is 143 Å². The Hall–Kier alpha value is -1.72. The van der Waals surface area contributed by atoms with Crippen LogP contribution in [0.2, 0.25) is 0 Å². The molecule has 1 saturated heterocycles. The summed E-state index contributed by atoms with van der Waals surface area (Å²) in [4.78, 5) is 14.7. The van der Waals surface area contributed by atoms with Gasteiger partial charge in [0.05, 0.1) is 12.7 Å². The Bertz CT molecular complexity index is 604. The first kappa shape index (κ1) is 17.6. The van der Waals surface area contributed by atoms with Crippen molar-refractivity contribution in [3.05, 3.63) is 29.3 Å². The summed E-state index contributed by atoms with van der Waals surface area (Å²) in [6.07, 6.45) is 4.06. The van der Waals surface area contributed by atoms with Crippen LogP contribution in [0, 0.1) is 0 Å². The van der Waals surface area contributed by atoms with Gasteiger partial charge < -0.3 is 19.7 Å². The van der Waals surface area contributed by atoms with Crippen molar-refractivity contribution in [1.29, 1.82) is 0 Å². The molecule has 2 aliphatic heterocycles. The Balaban J connectivity index is 0.00000192. The molecule has 3 rings (SSSR count). The molecule has 5 nitrogen and oxygen atoms in total. The summed E-state index contributed by atoms with van der Waals surface area (Å²) in [7, 11) is 3.54. The number of likely N-dealkylation sites (N-methyl/N-ethyl adjacent to an activating group) is 1. The number of carbonyl (C=O) groups excluding carboxylic acids is 1. The molecule has 0 saturated carbocycles. The first-order valence-electron chi connectivity index (χ1n) is 7.70. The third kappa shape index (κ3) is 3.46. The number of nitrogens with one attached hydrogen (secondary N) is 1. The van der Waals surface area contributed by atoms with Crippen LogP contribution in [0.15, 0.2) is 23.8 Å². The quantitative estimate of drug-likeness (QED) is 0.913. The normalized spacial score (nSPS) is 19.3. The molecule has 23 heavy (non-hydrogen) atoms. The molecule has 1 N–H and O–H groups in total. The molecule has 0 radical (unpaired) electrons. The van der Waals surface area contributed by atoms with Gasteiger partial charge in [0.2, 0.25) is 0 Å². The average molecular weight is 339 g/mol. The fourth-order valence-electron chi connectivity index (χ4n) is 3.20. The van der Waals surface area contributed by atoms with Crippen molar-refractivity contribution in [2.45, 2.75) is 18.9 Å². The predicted molar refractivity (Wildman–Crippen MR) is 92.4 cm³/mol. The van der Waals surface area contributed by atoms with Crippen LogP contribution in [-0.2, 0) is 4.79 Å². The van der Waals surface area contributed by atoms with Gasteiger partial charge in [0.15, 0.2) is 11.5 Å². The maximum Gasteiger partial charge on any atom is 0.253 e. The summed E-state index contributed by atoms with van der Waals surface area (Å²) >= 11 is 0. The number of likely N-dealkylation sites (tertiary alicyclic amines) is 1. The maximum atomic E-state index is 12.8. The summed E-state index contributed by atoms with van der Waals surface area (Å²) in [5.41, 5.74) is 1.61. The number of rotatable bonds is 4. The summed E-state index contributed by atoms with van der Waals surface area (Å²) in [5.74, 6) is 1.51. The lowest BCUT2D eigenvalue weighted by Crippen LogP contribution is -2.42. The number of benzene rings is 1. The fraction of sp³-hybridized carbons (Fsp3) is 0.471. The van der Waals surface area contributed by atoms with Gasteiger partial charge in [-0.3, -0.25) is 4.79 Å². The number of amides is 1. The van der Waals surface area contributed by atoms with Gasteiger partial charge in [0.1, 0.15) is 6.61 Å². The van der Waals surface area contributed by atoms with E-state index in [1.165, 1.54) is 0 Å². The van der Waals surface area contributed by atoms with E-state index in [4.69, 9.17) is 9.47 Å². The largest absolute Gasteiger partial charge is 0.493 e. The second kappa shape index (κ2) is 7.70. The lowest BCUT2D eigenvalue weighted by atomic mass is 10.1. The van der Waals surface area contributed by atoms with E-state index < -0.39 is 0 Å². The van der Waals surface area contributed by atoms with Gasteiger partial charge in [0, 0.05) is 24.7 Å². The van der Waals surface area contributed by atoms with Gasteiger partial charge >= 0.3 is 0 Å². The molecular weight excluding hydrogens is 316 g/mol. The molecule has 1 atom stereocenters. The van der Waals surface area contributed by atoms with E-state index in [1.807, 2.05) is 36.2 Å². The molecule has 0 aromatic heterocycles. The van der Waals surface area contributed by atoms with Crippen molar-refractivity contribution < 1.29 is 14.3 Å². The summed E-state index contributed by atoms with van der Waals surface area (Å²) in [5, 5.41) is 3.17. The van der Waals surface area contributed by atoms with Crippen molar-refractivity contribution in [1.82, 2.24) is 10.2 Å². The number of nitrogens with zero attached hydrogens (tertiary/aromatic N) is 1. The molecule has 0 aliphatic carbocycles. The molecule has 2 aliphatic rings. The van der Waals surface area contributed by atoms with Crippen molar-refractivity contribution >= 4 is 24.4 Å². The summed E-state index contributed by atoms with van der Waals surface area (Å²) in [6, 6.07) is 6.00. The minimum Gasteiger partial charge on any atom is -0.493 e. The lowest BCUT2D eigenvalue weighted by Gasteiger charge is -2.27. The Morgan fingerprint density at radius 1 is 1.48 bits per heavy atom. The molecule has 0 bridgehead atoms. The molecule has 126 valence electrons. The van der Waals surface area contributed by atoms with Crippen molar-refractivity contribution in [3.8, 4) is 11.5 Å². The van der Waals surface area contributed by atoms with E-state index in [9.17, 15) is 4.79 Å². The number of methoxy groups -OCH3 is 1. The second-order valence-corrected chi connectivity index (χ2v) is 5.69. The summed E-state index contributed by atoms with van der Waals surface area (Å²) < 4.78 is 11.1. The van der Waals surface area contributed by atoms with Gasteiger partial charge in [-0.1, -0.05) is 12.1 Å². The first-order chi connectivity index (χ1) is 10.7. The first-order valence-corrected chi connectivity index (χ1v) is 7.70. The average Bonchev–Trinajstić information content (AvgIpc) is 3.01. The van der Waals surface area contributed by atoms with Crippen molar-refractivity contribution in [3.63, 3.8) is 0 Å². The molecule has 6 heteroatoms. The van der Waals surface area contributed by atoms with Crippen molar-refractivity contribution in [2.75, 3.05) is 33.9 Å². The topological polar surface area (TPSA) is 50.8 Å². The maximum absolute atomic E-state index is 12.8. The van der Waals surface area contributed by atoms with E-state index in [1.54, 1.807) is 7.11 Å². The van der Waals surface area contributed by atoms with Crippen LogP contribution in [0.4, 0.5) is 0 Å². The highest BCUT2D eigenvalue weighted by atomic mass is 35.5. The van der Waals surface area contributed by atoms with Gasteiger partial charge in [-0.05, 0) is 32.0 Å². The van der Waals surface area contributed by atoms with Gasteiger partial charge in [-0.2, -0.15) is 0 Å². The Morgan fingerprint density at radius 2 is 2.30 bits per heavy atom. The highest BCUT2D eigenvalue weighted by Gasteiger charge is 2.31. The van der Waals surface area contributed by atoms with E-state index in [0.29, 0.717) is 17.9 Å². The van der Waals surface area contributed by atoms with E-state index >= 15 is 0 Å². The number of hydrogen-bond acceptors (Lipinski definition) is 4. The molecule has 1 aromatic rings. The standard InChI is InChI=1S/C17H22N2O3.ClH/c1-18-10-14-6-4-8-19(14)17(20)13-9-12-5-3-7-15(21-2)16(12)22-11-13;/h3,5,7,9,14,18H,4,6,8,10-11H2,1-2H3;1H. The van der Waals surface area contributed by atoms with Crippen LogP contribution in [-0.4, -0.2) is 50.7 Å². The van der Waals surface area contributed by atoms with Gasteiger partial charge in [0.25, 0.3) is 5.91 Å². The van der Waals surface area contributed by atoms with Gasteiger partial charge in [-0.15, -0.1) is 12.4 Å². The van der Waals surface area contributed by atoms with Crippen LogP contribution < -0.4 is 14.8 Å². The van der Waals surface area contributed by atoms with E-state index in [2.05, 4.69) is 5.32 Å². The summed E-state index contributed by atoms with van der Waals surface area (Å²) in [6.45, 7) is 1.97. The third-order valence-electron chi connectivity index (χ3n) is 4.28. The van der Waals surface area contributed by atoms with Crippen LogP contribution in [0.5, 0.6) is 11.5 Å². The Kier molecular flexibility index (Phi) is 5.91. The zero-order valence-corrected chi connectivity index (χ0v) is 14.3. The number of hydrogen-bond donors (Lipinski definition) is 1. The molecule has 1 fully saturated rings.